The van der Waals surface area contributed by atoms with E-state index in [0.717, 1.165) is 13.0 Å². The van der Waals surface area contributed by atoms with Gasteiger partial charge in [0, 0.05) is 20.2 Å². The van der Waals surface area contributed by atoms with Gasteiger partial charge in [0.05, 0.1) is 33.0 Å². The molecule has 0 aromatic rings. The second-order valence-electron chi connectivity index (χ2n) is 10.3. The highest BCUT2D eigenvalue weighted by molar-refractivity contribution is 5.67. The summed E-state index contributed by atoms with van der Waals surface area (Å²) < 4.78 is 22.0. The van der Waals surface area contributed by atoms with Gasteiger partial charge in [0.25, 0.3) is 0 Å². The first-order valence-corrected chi connectivity index (χ1v) is 14.0. The third-order valence-corrected chi connectivity index (χ3v) is 5.66. The normalized spacial score (nSPS) is 11.7. The smallest absolute Gasteiger partial charge is 0.410 e. The van der Waals surface area contributed by atoms with Crippen LogP contribution in [0.2, 0.25) is 0 Å². The van der Waals surface area contributed by atoms with Crippen molar-refractivity contribution >= 4 is 6.09 Å². The zero-order valence-electron chi connectivity index (χ0n) is 23.3. The predicted molar refractivity (Wildman–Crippen MR) is 142 cm³/mol. The Hall–Kier alpha value is -0.850. The molecule has 0 atom stereocenters. The van der Waals surface area contributed by atoms with Crippen LogP contribution in [0.15, 0.2) is 0 Å². The van der Waals surface area contributed by atoms with Gasteiger partial charge in [0.1, 0.15) is 5.60 Å². The molecule has 34 heavy (non-hydrogen) atoms. The van der Waals surface area contributed by atoms with Gasteiger partial charge >= 0.3 is 6.09 Å². The molecule has 0 aliphatic rings. The Morgan fingerprint density at radius 1 is 0.588 bits per heavy atom. The second kappa shape index (κ2) is 23.9. The van der Waals surface area contributed by atoms with Crippen molar-refractivity contribution in [3.05, 3.63) is 0 Å². The Morgan fingerprint density at radius 2 is 0.971 bits per heavy atom. The van der Waals surface area contributed by atoms with Crippen LogP contribution in [-0.4, -0.2) is 69.8 Å². The van der Waals surface area contributed by atoms with Gasteiger partial charge in [0.15, 0.2) is 0 Å². The molecule has 0 saturated heterocycles. The van der Waals surface area contributed by atoms with Gasteiger partial charge in [-0.1, -0.05) is 90.4 Å². The summed E-state index contributed by atoms with van der Waals surface area (Å²) in [5, 5.41) is 0. The highest BCUT2D eigenvalue weighted by atomic mass is 16.6. The fraction of sp³-hybridized carbons (Fsp3) is 0.964. The van der Waals surface area contributed by atoms with E-state index in [9.17, 15) is 4.79 Å². The molecular formula is C28H57NO5. The Morgan fingerprint density at radius 3 is 1.41 bits per heavy atom. The first-order chi connectivity index (χ1) is 16.4. The Balaban J connectivity index is 3.18. The van der Waals surface area contributed by atoms with Crippen molar-refractivity contribution < 1.29 is 23.7 Å². The Labute approximate surface area is 211 Å². The van der Waals surface area contributed by atoms with Crippen LogP contribution in [0, 0.1) is 0 Å². The van der Waals surface area contributed by atoms with Gasteiger partial charge in [-0.3, -0.25) is 0 Å². The zero-order valence-corrected chi connectivity index (χ0v) is 23.3. The lowest BCUT2D eigenvalue weighted by molar-refractivity contribution is 0.00443. The van der Waals surface area contributed by atoms with Crippen molar-refractivity contribution in [1.29, 1.82) is 0 Å². The first kappa shape index (κ1) is 33.1. The summed E-state index contributed by atoms with van der Waals surface area (Å²) in [6.07, 6.45) is 18.9. The molecule has 1 amide bonds. The molecule has 204 valence electrons. The third-order valence-electron chi connectivity index (χ3n) is 5.66. The van der Waals surface area contributed by atoms with Crippen LogP contribution < -0.4 is 0 Å². The van der Waals surface area contributed by atoms with E-state index in [1.165, 1.54) is 88.4 Å². The van der Waals surface area contributed by atoms with Crippen molar-refractivity contribution in [2.24, 2.45) is 0 Å². The average Bonchev–Trinajstić information content (AvgIpc) is 2.78. The number of hydrogen-bond acceptors (Lipinski definition) is 5. The van der Waals surface area contributed by atoms with Crippen molar-refractivity contribution in [3.63, 3.8) is 0 Å². The van der Waals surface area contributed by atoms with E-state index in [1.54, 1.807) is 7.05 Å². The van der Waals surface area contributed by atoms with E-state index >= 15 is 0 Å². The molecule has 0 spiro atoms. The maximum Gasteiger partial charge on any atom is 0.410 e. The minimum absolute atomic E-state index is 0.330. The van der Waals surface area contributed by atoms with Crippen molar-refractivity contribution in [2.75, 3.05) is 53.2 Å². The molecule has 6 heteroatoms. The minimum Gasteiger partial charge on any atom is -0.444 e. The minimum atomic E-state index is -0.478. The van der Waals surface area contributed by atoms with E-state index in [2.05, 4.69) is 6.92 Å². The fourth-order valence-electron chi connectivity index (χ4n) is 3.57. The SMILES string of the molecule is CCCCCCCCCCCCCCCCOCCOCCOCCN(C)C(=O)OC(C)(C)C. The summed E-state index contributed by atoms with van der Waals surface area (Å²) in [4.78, 5) is 13.3. The number of ether oxygens (including phenoxy) is 4. The standard InChI is InChI=1S/C28H57NO5/c1-6-7-8-9-10-11-12-13-14-15-16-17-18-19-21-31-23-25-33-26-24-32-22-20-29(5)27(30)34-28(2,3)4/h6-26H2,1-5H3. The number of amides is 1. The van der Waals surface area contributed by atoms with E-state index < -0.39 is 5.60 Å². The van der Waals surface area contributed by atoms with Gasteiger partial charge in [-0.05, 0) is 27.2 Å². The quantitative estimate of drug-likeness (QED) is 0.133. The van der Waals surface area contributed by atoms with Gasteiger partial charge < -0.3 is 23.8 Å². The van der Waals surface area contributed by atoms with Crippen LogP contribution in [0.4, 0.5) is 4.79 Å². The summed E-state index contributed by atoms with van der Waals surface area (Å²) in [5.41, 5.74) is -0.478. The maximum absolute atomic E-state index is 11.8. The highest BCUT2D eigenvalue weighted by Crippen LogP contribution is 2.13. The Bertz CT molecular complexity index is 439. The van der Waals surface area contributed by atoms with Crippen LogP contribution in [0.5, 0.6) is 0 Å². The van der Waals surface area contributed by atoms with Gasteiger partial charge in [-0.2, -0.15) is 0 Å². The fourth-order valence-corrected chi connectivity index (χ4v) is 3.57. The maximum atomic E-state index is 11.8. The number of hydrogen-bond donors (Lipinski definition) is 0. The largest absolute Gasteiger partial charge is 0.444 e. The Kier molecular flexibility index (Phi) is 23.3. The number of carbonyl (C=O) groups is 1. The summed E-state index contributed by atoms with van der Waals surface area (Å²) in [6.45, 7) is 11.9. The summed E-state index contributed by atoms with van der Waals surface area (Å²) in [7, 11) is 1.71. The third kappa shape index (κ3) is 25.8. The zero-order chi connectivity index (χ0) is 25.3. The number of nitrogens with zero attached hydrogens (tertiary/aromatic N) is 1. The van der Waals surface area contributed by atoms with Crippen LogP contribution in [-0.2, 0) is 18.9 Å². The first-order valence-electron chi connectivity index (χ1n) is 14.0. The highest BCUT2D eigenvalue weighted by Gasteiger charge is 2.19. The molecular weight excluding hydrogens is 430 g/mol. The van der Waals surface area contributed by atoms with Crippen molar-refractivity contribution in [1.82, 2.24) is 4.90 Å². The molecule has 0 aromatic heterocycles. The molecule has 0 N–H and O–H groups in total. The molecule has 0 aliphatic carbocycles. The summed E-state index contributed by atoms with van der Waals surface area (Å²) in [5.74, 6) is 0. The summed E-state index contributed by atoms with van der Waals surface area (Å²) >= 11 is 0. The van der Waals surface area contributed by atoms with E-state index in [-0.39, 0.29) is 6.09 Å². The molecule has 0 bridgehead atoms. The molecule has 0 fully saturated rings. The molecule has 0 aromatic carbocycles. The second-order valence-corrected chi connectivity index (χ2v) is 10.3. The lowest BCUT2D eigenvalue weighted by Crippen LogP contribution is -2.36. The van der Waals surface area contributed by atoms with Crippen LogP contribution in [0.3, 0.4) is 0 Å². The molecule has 0 rings (SSSR count). The van der Waals surface area contributed by atoms with E-state index in [1.807, 2.05) is 20.8 Å². The number of likely N-dealkylation sites (N-methyl/N-ethyl adjacent to an activating group) is 1. The molecule has 0 aliphatic heterocycles. The van der Waals surface area contributed by atoms with Gasteiger partial charge in [-0.25, -0.2) is 4.79 Å². The molecule has 0 unspecified atom stereocenters. The number of unbranched alkanes of at least 4 members (excludes halogenated alkanes) is 13. The molecule has 6 nitrogen and oxygen atoms in total. The lowest BCUT2D eigenvalue weighted by atomic mass is 10.0. The van der Waals surface area contributed by atoms with Gasteiger partial charge in [0.2, 0.25) is 0 Å². The monoisotopic (exact) mass is 487 g/mol. The topological polar surface area (TPSA) is 57.2 Å². The molecule has 0 heterocycles. The van der Waals surface area contributed by atoms with E-state index in [0.29, 0.717) is 39.6 Å². The van der Waals surface area contributed by atoms with E-state index in [4.69, 9.17) is 18.9 Å². The lowest BCUT2D eigenvalue weighted by Gasteiger charge is -2.24. The average molecular weight is 488 g/mol. The van der Waals surface area contributed by atoms with Gasteiger partial charge in [-0.15, -0.1) is 0 Å². The van der Waals surface area contributed by atoms with Crippen LogP contribution >= 0.6 is 0 Å². The van der Waals surface area contributed by atoms with Crippen molar-refractivity contribution in [3.8, 4) is 0 Å². The number of carbonyl (C=O) groups excluding carboxylic acids is 1. The molecule has 0 radical (unpaired) electrons. The summed E-state index contributed by atoms with van der Waals surface area (Å²) in [6, 6.07) is 0. The van der Waals surface area contributed by atoms with Crippen LogP contribution in [0.1, 0.15) is 118 Å². The van der Waals surface area contributed by atoms with Crippen molar-refractivity contribution in [2.45, 2.75) is 123 Å². The number of rotatable bonds is 24. The van der Waals surface area contributed by atoms with Crippen LogP contribution in [0.25, 0.3) is 0 Å². The predicted octanol–water partition coefficient (Wildman–Crippen LogP) is 7.38. The molecule has 0 saturated carbocycles.